The largest absolute Gasteiger partial charge is 0.310 e. The molecule has 0 unspecified atom stereocenters. The second-order valence-electron chi connectivity index (χ2n) is 11.0. The van der Waals surface area contributed by atoms with Crippen LogP contribution in [0.5, 0.6) is 0 Å². The Balaban J connectivity index is 1.34. The van der Waals surface area contributed by atoms with Crippen LogP contribution in [0.4, 0.5) is 17.1 Å². The zero-order chi connectivity index (χ0) is 26.1. The summed E-state index contributed by atoms with van der Waals surface area (Å²) in [6.07, 6.45) is 0. The molecule has 1 aliphatic carbocycles. The summed E-state index contributed by atoms with van der Waals surface area (Å²) in [5.74, 6) is 0. The molecule has 1 nitrogen and oxygen atoms in total. The molecular formula is C37H27NS. The van der Waals surface area contributed by atoms with E-state index in [1.165, 1.54) is 58.9 Å². The fraction of sp³-hybridized carbons (Fsp3) is 0.0811. The number of para-hydroxylation sites is 1. The first-order valence-electron chi connectivity index (χ1n) is 13.5. The lowest BCUT2D eigenvalue weighted by Gasteiger charge is -2.27. The highest BCUT2D eigenvalue weighted by Gasteiger charge is 2.35. The summed E-state index contributed by atoms with van der Waals surface area (Å²) in [4.78, 5) is 2.39. The molecular weight excluding hydrogens is 490 g/mol. The summed E-state index contributed by atoms with van der Waals surface area (Å²) < 4.78 is 2.69. The Kier molecular flexibility index (Phi) is 4.80. The first-order valence-corrected chi connectivity index (χ1v) is 14.3. The highest BCUT2D eigenvalue weighted by atomic mass is 32.1. The van der Waals surface area contributed by atoms with Crippen LogP contribution in [0.15, 0.2) is 127 Å². The minimum absolute atomic E-state index is 0.000333. The number of fused-ring (bicyclic) bond motifs is 8. The number of anilines is 3. The third-order valence-electron chi connectivity index (χ3n) is 8.44. The second kappa shape index (κ2) is 8.30. The Morgan fingerprint density at radius 2 is 1.23 bits per heavy atom. The van der Waals surface area contributed by atoms with Crippen molar-refractivity contribution in [3.63, 3.8) is 0 Å². The first-order chi connectivity index (χ1) is 19.1. The molecule has 1 heterocycles. The predicted octanol–water partition coefficient (Wildman–Crippen LogP) is 11.0. The van der Waals surface area contributed by atoms with Gasteiger partial charge in [-0.3, -0.25) is 0 Å². The van der Waals surface area contributed by atoms with Gasteiger partial charge < -0.3 is 4.90 Å². The van der Waals surface area contributed by atoms with Crippen LogP contribution in [0.25, 0.3) is 42.1 Å². The lowest BCUT2D eigenvalue weighted by Crippen LogP contribution is -2.15. The van der Waals surface area contributed by atoms with E-state index < -0.39 is 0 Å². The molecule has 1 aromatic heterocycles. The van der Waals surface area contributed by atoms with Crippen LogP contribution in [0, 0.1) is 0 Å². The molecule has 39 heavy (non-hydrogen) atoms. The number of hydrogen-bond donors (Lipinski definition) is 0. The van der Waals surface area contributed by atoms with Crippen molar-refractivity contribution in [1.29, 1.82) is 0 Å². The fourth-order valence-corrected chi connectivity index (χ4v) is 7.67. The molecule has 1 aliphatic rings. The van der Waals surface area contributed by atoms with Crippen LogP contribution in [0.1, 0.15) is 25.0 Å². The lowest BCUT2D eigenvalue weighted by atomic mass is 9.82. The van der Waals surface area contributed by atoms with E-state index in [1.807, 2.05) is 11.3 Å². The van der Waals surface area contributed by atoms with Crippen LogP contribution < -0.4 is 4.90 Å². The molecule has 0 atom stereocenters. The van der Waals surface area contributed by atoms with E-state index >= 15 is 0 Å². The van der Waals surface area contributed by atoms with Crippen LogP contribution in [0.2, 0.25) is 0 Å². The van der Waals surface area contributed by atoms with Gasteiger partial charge in [0.1, 0.15) is 0 Å². The van der Waals surface area contributed by atoms with E-state index in [4.69, 9.17) is 0 Å². The quantitative estimate of drug-likeness (QED) is 0.225. The molecule has 7 aromatic rings. The number of hydrogen-bond acceptors (Lipinski definition) is 2. The Hall–Kier alpha value is -4.40. The number of nitrogens with zero attached hydrogens (tertiary/aromatic N) is 1. The third-order valence-corrected chi connectivity index (χ3v) is 9.58. The van der Waals surface area contributed by atoms with E-state index in [1.54, 1.807) is 0 Å². The molecule has 0 spiro atoms. The van der Waals surface area contributed by atoms with Gasteiger partial charge in [-0.2, -0.15) is 0 Å². The van der Waals surface area contributed by atoms with Gasteiger partial charge in [-0.1, -0.05) is 92.7 Å². The average Bonchev–Trinajstić information content (AvgIpc) is 3.47. The zero-order valence-corrected chi connectivity index (χ0v) is 22.8. The van der Waals surface area contributed by atoms with Gasteiger partial charge in [-0.05, 0) is 81.6 Å². The molecule has 0 saturated carbocycles. The second-order valence-corrected chi connectivity index (χ2v) is 12.1. The van der Waals surface area contributed by atoms with Crippen molar-refractivity contribution >= 4 is 59.3 Å². The molecule has 0 fully saturated rings. The molecule has 6 aromatic carbocycles. The van der Waals surface area contributed by atoms with Gasteiger partial charge in [-0.25, -0.2) is 0 Å². The summed E-state index contributed by atoms with van der Waals surface area (Å²) in [6.45, 7) is 4.68. The zero-order valence-electron chi connectivity index (χ0n) is 22.0. The van der Waals surface area contributed by atoms with Crippen molar-refractivity contribution < 1.29 is 0 Å². The molecule has 0 amide bonds. The molecule has 2 heteroatoms. The molecule has 0 saturated heterocycles. The van der Waals surface area contributed by atoms with E-state index in [9.17, 15) is 0 Å². The fourth-order valence-electron chi connectivity index (χ4n) is 6.55. The lowest BCUT2D eigenvalue weighted by molar-refractivity contribution is 0.660. The summed E-state index contributed by atoms with van der Waals surface area (Å²) in [7, 11) is 0. The molecule has 186 valence electrons. The maximum Gasteiger partial charge on any atom is 0.0468 e. The number of thiophene rings is 1. The Labute approximate surface area is 232 Å². The predicted molar refractivity (Wildman–Crippen MR) is 169 cm³/mol. The smallest absolute Gasteiger partial charge is 0.0468 e. The van der Waals surface area contributed by atoms with Crippen molar-refractivity contribution in [2.45, 2.75) is 19.3 Å². The summed E-state index contributed by atoms with van der Waals surface area (Å²) in [5, 5.41) is 5.28. The maximum absolute atomic E-state index is 2.39. The standard InChI is InChI=1S/C37H27NS/c1-37(2)32-14-8-6-12-29(32)31-23-27(18-20-33(31)37)38(25-10-4-3-5-11-25)26-17-19-28-24(22-26)16-21-35-36(28)30-13-7-9-15-34(30)39-35/h3-23H,1-2H3. The van der Waals surface area contributed by atoms with Crippen LogP contribution in [-0.2, 0) is 5.41 Å². The van der Waals surface area contributed by atoms with Gasteiger partial charge in [0.15, 0.2) is 0 Å². The van der Waals surface area contributed by atoms with E-state index in [0.717, 1.165) is 11.4 Å². The Bertz CT molecular complexity index is 2050. The summed E-state index contributed by atoms with van der Waals surface area (Å²) in [6, 6.07) is 46.9. The summed E-state index contributed by atoms with van der Waals surface area (Å²) >= 11 is 1.88. The highest BCUT2D eigenvalue weighted by Crippen LogP contribution is 2.50. The van der Waals surface area contributed by atoms with Crippen LogP contribution in [-0.4, -0.2) is 0 Å². The number of rotatable bonds is 3. The van der Waals surface area contributed by atoms with Crippen LogP contribution in [0.3, 0.4) is 0 Å². The molecule has 0 bridgehead atoms. The van der Waals surface area contributed by atoms with Crippen LogP contribution >= 0.6 is 11.3 Å². The molecule has 8 rings (SSSR count). The normalized spacial score (nSPS) is 13.6. The van der Waals surface area contributed by atoms with Crippen molar-refractivity contribution in [2.75, 3.05) is 4.90 Å². The molecule has 0 radical (unpaired) electrons. The van der Waals surface area contributed by atoms with Gasteiger partial charge in [0.05, 0.1) is 0 Å². The third kappa shape index (κ3) is 3.32. The molecule has 0 N–H and O–H groups in total. The van der Waals surface area contributed by atoms with Crippen molar-refractivity contribution in [1.82, 2.24) is 0 Å². The number of benzene rings is 6. The van der Waals surface area contributed by atoms with Gasteiger partial charge in [0.2, 0.25) is 0 Å². The highest BCUT2D eigenvalue weighted by molar-refractivity contribution is 7.26. The minimum Gasteiger partial charge on any atom is -0.310 e. The van der Waals surface area contributed by atoms with Gasteiger partial charge in [-0.15, -0.1) is 11.3 Å². The molecule has 0 aliphatic heterocycles. The van der Waals surface area contributed by atoms with Crippen molar-refractivity contribution in [3.8, 4) is 11.1 Å². The van der Waals surface area contributed by atoms with Gasteiger partial charge >= 0.3 is 0 Å². The first kappa shape index (κ1) is 22.6. The van der Waals surface area contributed by atoms with Gasteiger partial charge in [0, 0.05) is 42.6 Å². The minimum atomic E-state index is -0.000333. The Morgan fingerprint density at radius 1 is 0.513 bits per heavy atom. The van der Waals surface area contributed by atoms with Gasteiger partial charge in [0.25, 0.3) is 0 Å². The van der Waals surface area contributed by atoms with Crippen molar-refractivity contribution in [2.24, 2.45) is 0 Å². The van der Waals surface area contributed by atoms with Crippen molar-refractivity contribution in [3.05, 3.63) is 139 Å². The summed E-state index contributed by atoms with van der Waals surface area (Å²) in [5.41, 5.74) is 8.97. The topological polar surface area (TPSA) is 3.24 Å². The van der Waals surface area contributed by atoms with E-state index in [0.29, 0.717) is 0 Å². The maximum atomic E-state index is 2.39. The Morgan fingerprint density at radius 3 is 2.13 bits per heavy atom. The monoisotopic (exact) mass is 517 g/mol. The van der Waals surface area contributed by atoms with E-state index in [2.05, 4.69) is 146 Å². The SMILES string of the molecule is CC1(C)c2ccccc2-c2cc(N(c3ccccc3)c3ccc4c(ccc5sc6ccccc6c54)c3)ccc21. The average molecular weight is 518 g/mol. The van der Waals surface area contributed by atoms with E-state index in [-0.39, 0.29) is 5.41 Å².